The molecule has 8 heteroatoms. The fraction of sp³-hybridized carbons (Fsp3) is 0.0909. The molecule has 2 aromatic carbocycles. The van der Waals surface area contributed by atoms with Crippen LogP contribution in [0.2, 0.25) is 0 Å². The Labute approximate surface area is 184 Å². The number of hydrogen-bond donors (Lipinski definition) is 1. The van der Waals surface area contributed by atoms with Crippen LogP contribution in [0, 0.1) is 10.1 Å². The van der Waals surface area contributed by atoms with Crippen molar-refractivity contribution in [3.63, 3.8) is 0 Å². The monoisotopic (exact) mass is 482 g/mol. The summed E-state index contributed by atoms with van der Waals surface area (Å²) in [5.74, 6) is -1.49. The summed E-state index contributed by atoms with van der Waals surface area (Å²) in [4.78, 5) is 28.2. The number of carboxylic acid groups (broad SMARTS) is 1. The molecule has 0 fully saturated rings. The molecule has 6 nitrogen and oxygen atoms in total. The number of nitro groups is 1. The molecule has 30 heavy (non-hydrogen) atoms. The zero-order chi connectivity index (χ0) is 21.3. The average molecular weight is 483 g/mol. The lowest BCUT2D eigenvalue weighted by atomic mass is 9.77. The van der Waals surface area contributed by atoms with Crippen LogP contribution in [0.5, 0.6) is 0 Å². The van der Waals surface area contributed by atoms with Gasteiger partial charge in [0.25, 0.3) is 0 Å². The van der Waals surface area contributed by atoms with Gasteiger partial charge in [0.15, 0.2) is 0 Å². The van der Waals surface area contributed by atoms with E-state index in [2.05, 4.69) is 20.9 Å². The van der Waals surface area contributed by atoms with E-state index in [-0.39, 0.29) is 12.0 Å². The van der Waals surface area contributed by atoms with E-state index in [1.807, 2.05) is 29.6 Å². The predicted octanol–water partition coefficient (Wildman–Crippen LogP) is 5.54. The summed E-state index contributed by atoms with van der Waals surface area (Å²) in [6.45, 7) is 0. The minimum Gasteiger partial charge on any atom is -0.476 e. The Hall–Kier alpha value is -3.10. The summed E-state index contributed by atoms with van der Waals surface area (Å²) in [6, 6.07) is 16.3. The Kier molecular flexibility index (Phi) is 5.36. The molecule has 1 unspecified atom stereocenters. The molecule has 4 rings (SSSR count). The van der Waals surface area contributed by atoms with Crippen LogP contribution in [0.1, 0.15) is 17.0 Å². The Morgan fingerprint density at radius 3 is 2.43 bits per heavy atom. The summed E-state index contributed by atoms with van der Waals surface area (Å²) in [5, 5.41) is 24.4. The van der Waals surface area contributed by atoms with Crippen molar-refractivity contribution >= 4 is 44.4 Å². The van der Waals surface area contributed by atoms with Crippen molar-refractivity contribution in [3.05, 3.63) is 97.3 Å². The standard InChI is InChI=1S/C22H15BrN2O4S/c23-17-9-6-15(7-10-17)19-13-30-20(24-19)16-8-11-18(14-4-2-1-3-5-14)22(12-16,21(26)27)25(28)29/h1-11,13H,12H2,(H,26,27). The lowest BCUT2D eigenvalue weighted by Gasteiger charge is -2.27. The van der Waals surface area contributed by atoms with Gasteiger partial charge in [-0.1, -0.05) is 70.5 Å². The van der Waals surface area contributed by atoms with Gasteiger partial charge in [-0.15, -0.1) is 11.3 Å². The largest absolute Gasteiger partial charge is 0.476 e. The van der Waals surface area contributed by atoms with E-state index in [1.165, 1.54) is 17.4 Å². The fourth-order valence-electron chi connectivity index (χ4n) is 3.46. The number of nitrogens with zero attached hydrogens (tertiary/aromatic N) is 2. The number of benzene rings is 2. The maximum atomic E-state index is 12.2. The first-order valence-electron chi connectivity index (χ1n) is 8.98. The molecule has 0 bridgehead atoms. The normalized spacial score (nSPS) is 18.4. The highest BCUT2D eigenvalue weighted by Crippen LogP contribution is 2.43. The summed E-state index contributed by atoms with van der Waals surface area (Å²) >= 11 is 4.74. The van der Waals surface area contributed by atoms with E-state index in [9.17, 15) is 20.0 Å². The third kappa shape index (κ3) is 3.48. The topological polar surface area (TPSA) is 93.3 Å². The van der Waals surface area contributed by atoms with Gasteiger partial charge in [0, 0.05) is 25.9 Å². The number of halogens is 1. The highest BCUT2D eigenvalue weighted by Gasteiger charge is 2.57. The molecular weight excluding hydrogens is 468 g/mol. The highest BCUT2D eigenvalue weighted by atomic mass is 79.9. The second-order valence-corrected chi connectivity index (χ2v) is 8.56. The maximum Gasteiger partial charge on any atom is 0.387 e. The van der Waals surface area contributed by atoms with Crippen LogP contribution in [0.3, 0.4) is 0 Å². The summed E-state index contributed by atoms with van der Waals surface area (Å²) in [5.41, 5.74) is 0.590. The molecule has 1 aliphatic rings. The number of aliphatic carboxylic acids is 1. The molecule has 150 valence electrons. The minimum atomic E-state index is -2.27. The second-order valence-electron chi connectivity index (χ2n) is 6.78. The van der Waals surface area contributed by atoms with Gasteiger partial charge in [0.2, 0.25) is 0 Å². The molecule has 3 aromatic rings. The molecule has 1 N–H and O–H groups in total. The fourth-order valence-corrected chi connectivity index (χ4v) is 4.58. The average Bonchev–Trinajstić information content (AvgIpc) is 3.24. The Balaban J connectivity index is 1.78. The van der Waals surface area contributed by atoms with E-state index >= 15 is 0 Å². The van der Waals surface area contributed by atoms with E-state index in [4.69, 9.17) is 0 Å². The molecule has 0 aliphatic heterocycles. The quantitative estimate of drug-likeness (QED) is 0.380. The third-order valence-corrected chi connectivity index (χ3v) is 6.46. The van der Waals surface area contributed by atoms with Crippen LogP contribution in [0.15, 0.2) is 76.6 Å². The van der Waals surface area contributed by atoms with Gasteiger partial charge in [-0.25, -0.2) is 9.78 Å². The smallest absolute Gasteiger partial charge is 0.387 e. The SMILES string of the molecule is O=C(O)C1([N+](=O)[O-])CC(c2nc(-c3ccc(Br)cc3)cs2)=CC=C1c1ccccc1. The number of thiazole rings is 1. The first kappa shape index (κ1) is 20.2. The zero-order valence-corrected chi connectivity index (χ0v) is 17.9. The molecule has 0 radical (unpaired) electrons. The first-order valence-corrected chi connectivity index (χ1v) is 10.7. The zero-order valence-electron chi connectivity index (χ0n) is 15.5. The van der Waals surface area contributed by atoms with Crippen LogP contribution < -0.4 is 0 Å². The summed E-state index contributed by atoms with van der Waals surface area (Å²) < 4.78 is 0.951. The maximum absolute atomic E-state index is 12.2. The predicted molar refractivity (Wildman–Crippen MR) is 120 cm³/mol. The number of allylic oxidation sites excluding steroid dienone is 2. The van der Waals surface area contributed by atoms with Crippen LogP contribution in [-0.2, 0) is 4.79 Å². The van der Waals surface area contributed by atoms with Gasteiger partial charge in [-0.3, -0.25) is 10.1 Å². The molecule has 1 atom stereocenters. The van der Waals surface area contributed by atoms with Gasteiger partial charge in [0.05, 0.1) is 12.1 Å². The molecule has 0 amide bonds. The third-order valence-electron chi connectivity index (χ3n) is 5.01. The Morgan fingerprint density at radius 2 is 1.80 bits per heavy atom. The van der Waals surface area contributed by atoms with Crippen LogP contribution in [0.4, 0.5) is 0 Å². The minimum absolute atomic E-state index is 0.161. The highest BCUT2D eigenvalue weighted by molar-refractivity contribution is 9.10. The van der Waals surface area contributed by atoms with Gasteiger partial charge < -0.3 is 5.11 Å². The van der Waals surface area contributed by atoms with E-state index in [0.29, 0.717) is 16.1 Å². The van der Waals surface area contributed by atoms with Crippen molar-refractivity contribution in [1.29, 1.82) is 0 Å². The van der Waals surface area contributed by atoms with Gasteiger partial charge in [-0.2, -0.15) is 0 Å². The van der Waals surface area contributed by atoms with E-state index in [1.54, 1.807) is 36.4 Å². The van der Waals surface area contributed by atoms with E-state index in [0.717, 1.165) is 15.7 Å². The van der Waals surface area contributed by atoms with Crippen molar-refractivity contribution in [2.24, 2.45) is 0 Å². The summed E-state index contributed by atoms with van der Waals surface area (Å²) in [7, 11) is 0. The first-order chi connectivity index (χ1) is 14.4. The molecule has 0 saturated carbocycles. The molecule has 1 aromatic heterocycles. The molecule has 1 heterocycles. The van der Waals surface area contributed by atoms with Crippen molar-refractivity contribution in [3.8, 4) is 11.3 Å². The van der Waals surface area contributed by atoms with Crippen LogP contribution in [0.25, 0.3) is 22.4 Å². The lowest BCUT2D eigenvalue weighted by molar-refractivity contribution is -0.535. The molecule has 0 spiro atoms. The summed E-state index contributed by atoms with van der Waals surface area (Å²) in [6.07, 6.45) is 2.99. The van der Waals surface area contributed by atoms with Gasteiger partial charge >= 0.3 is 11.5 Å². The number of rotatable bonds is 5. The molecule has 1 aliphatic carbocycles. The van der Waals surface area contributed by atoms with Crippen molar-refractivity contribution in [1.82, 2.24) is 4.98 Å². The lowest BCUT2D eigenvalue weighted by Crippen LogP contribution is -2.48. The Bertz CT molecular complexity index is 1170. The second kappa shape index (κ2) is 7.97. The van der Waals surface area contributed by atoms with Crippen molar-refractivity contribution in [2.45, 2.75) is 12.0 Å². The van der Waals surface area contributed by atoms with Crippen LogP contribution >= 0.6 is 27.3 Å². The number of hydrogen-bond acceptors (Lipinski definition) is 5. The molecular formula is C22H15BrN2O4S. The van der Waals surface area contributed by atoms with Crippen LogP contribution in [-0.4, -0.2) is 26.5 Å². The number of carbonyl (C=O) groups is 1. The van der Waals surface area contributed by atoms with E-state index < -0.39 is 16.4 Å². The van der Waals surface area contributed by atoms with Gasteiger partial charge in [0.1, 0.15) is 5.01 Å². The number of carboxylic acids is 1. The van der Waals surface area contributed by atoms with Gasteiger partial charge in [-0.05, 0) is 23.3 Å². The Morgan fingerprint density at radius 1 is 1.10 bits per heavy atom. The van der Waals surface area contributed by atoms with Crippen molar-refractivity contribution < 1.29 is 14.8 Å². The van der Waals surface area contributed by atoms with Crippen molar-refractivity contribution in [2.75, 3.05) is 0 Å². The molecule has 0 saturated heterocycles. The number of aromatic nitrogens is 1.